The van der Waals surface area contributed by atoms with Gasteiger partial charge in [0, 0.05) is 18.3 Å². The quantitative estimate of drug-likeness (QED) is 0.773. The summed E-state index contributed by atoms with van der Waals surface area (Å²) in [5.74, 6) is 1.51. The third kappa shape index (κ3) is 2.97. The predicted octanol–water partition coefficient (Wildman–Crippen LogP) is 2.84. The lowest BCUT2D eigenvalue weighted by Crippen LogP contribution is -2.13. The minimum absolute atomic E-state index is 0.573. The van der Waals surface area contributed by atoms with Gasteiger partial charge in [-0.15, -0.1) is 0 Å². The van der Waals surface area contributed by atoms with Crippen LogP contribution in [0.2, 0.25) is 0 Å². The van der Waals surface area contributed by atoms with E-state index in [1.54, 1.807) is 0 Å². The summed E-state index contributed by atoms with van der Waals surface area (Å²) in [5, 5.41) is 5.31. The fourth-order valence-electron chi connectivity index (χ4n) is 1.44. The van der Waals surface area contributed by atoms with Gasteiger partial charge in [0.25, 0.3) is 0 Å². The van der Waals surface area contributed by atoms with Crippen molar-refractivity contribution in [3.8, 4) is 5.75 Å². The van der Waals surface area contributed by atoms with E-state index in [1.165, 1.54) is 0 Å². The smallest absolute Gasteiger partial charge is 0.162 e. The summed E-state index contributed by atoms with van der Waals surface area (Å²) in [6.07, 6.45) is 1.13. The Bertz CT molecular complexity index is 319. The van der Waals surface area contributed by atoms with Gasteiger partial charge in [0.1, 0.15) is 5.69 Å². The van der Waals surface area contributed by atoms with Crippen LogP contribution in [0.5, 0.6) is 5.75 Å². The molecule has 0 aromatic carbocycles. The Morgan fingerprint density at radius 2 is 2.13 bits per heavy atom. The summed E-state index contributed by atoms with van der Waals surface area (Å²) in [5.41, 5.74) is 2.07. The first kappa shape index (κ1) is 12.6. The highest BCUT2D eigenvalue weighted by Crippen LogP contribution is 2.22. The minimum Gasteiger partial charge on any atom is -0.489 e. The standard InChI is InChI=1S/C11H19BrN2O/c1-5-10(6-12)7-15-11-8(2)13-14(4)9(11)3/h10H,5-7H2,1-4H3. The maximum absolute atomic E-state index is 5.82. The Morgan fingerprint density at radius 3 is 2.53 bits per heavy atom. The predicted molar refractivity (Wildman–Crippen MR) is 65.8 cm³/mol. The number of ether oxygens (including phenoxy) is 1. The molecule has 0 fully saturated rings. The highest BCUT2D eigenvalue weighted by atomic mass is 79.9. The summed E-state index contributed by atoms with van der Waals surface area (Å²) in [6.45, 7) is 6.95. The number of aryl methyl sites for hydroxylation is 2. The second-order valence-electron chi connectivity index (χ2n) is 3.86. The fraction of sp³-hybridized carbons (Fsp3) is 0.727. The van der Waals surface area contributed by atoms with Gasteiger partial charge in [0.05, 0.1) is 12.3 Å². The Morgan fingerprint density at radius 1 is 1.47 bits per heavy atom. The van der Waals surface area contributed by atoms with E-state index in [0.29, 0.717) is 5.92 Å². The molecule has 0 saturated heterocycles. The zero-order chi connectivity index (χ0) is 11.4. The Balaban J connectivity index is 2.64. The summed E-state index contributed by atoms with van der Waals surface area (Å²) >= 11 is 3.49. The van der Waals surface area contributed by atoms with Crippen LogP contribution in [0.25, 0.3) is 0 Å². The summed E-state index contributed by atoms with van der Waals surface area (Å²) in [6, 6.07) is 0. The Hall–Kier alpha value is -0.510. The van der Waals surface area contributed by atoms with Gasteiger partial charge in [-0.3, -0.25) is 4.68 Å². The molecule has 0 amide bonds. The zero-order valence-corrected chi connectivity index (χ0v) is 11.5. The van der Waals surface area contributed by atoms with Gasteiger partial charge < -0.3 is 4.74 Å². The maximum atomic E-state index is 5.82. The number of hydrogen-bond acceptors (Lipinski definition) is 2. The highest BCUT2D eigenvalue weighted by Gasteiger charge is 2.12. The van der Waals surface area contributed by atoms with Crippen LogP contribution in [0.1, 0.15) is 24.7 Å². The van der Waals surface area contributed by atoms with Crippen LogP contribution < -0.4 is 4.74 Å². The summed E-state index contributed by atoms with van der Waals surface area (Å²) in [4.78, 5) is 0. The lowest BCUT2D eigenvalue weighted by Gasteiger charge is -2.13. The lowest BCUT2D eigenvalue weighted by molar-refractivity contribution is 0.257. The number of rotatable bonds is 5. The van der Waals surface area contributed by atoms with Crippen molar-refractivity contribution >= 4 is 15.9 Å². The van der Waals surface area contributed by atoms with E-state index in [0.717, 1.165) is 35.5 Å². The van der Waals surface area contributed by atoms with Crippen molar-refractivity contribution in [1.29, 1.82) is 0 Å². The largest absolute Gasteiger partial charge is 0.489 e. The molecule has 0 aliphatic carbocycles. The highest BCUT2D eigenvalue weighted by molar-refractivity contribution is 9.09. The molecule has 0 radical (unpaired) electrons. The van der Waals surface area contributed by atoms with E-state index in [1.807, 2.05) is 25.6 Å². The van der Waals surface area contributed by atoms with Crippen molar-refractivity contribution in [2.75, 3.05) is 11.9 Å². The molecule has 0 bridgehead atoms. The van der Waals surface area contributed by atoms with Crippen molar-refractivity contribution in [2.45, 2.75) is 27.2 Å². The second-order valence-corrected chi connectivity index (χ2v) is 4.51. The molecule has 0 N–H and O–H groups in total. The van der Waals surface area contributed by atoms with Crippen molar-refractivity contribution in [3.05, 3.63) is 11.4 Å². The van der Waals surface area contributed by atoms with Gasteiger partial charge in [-0.1, -0.05) is 22.9 Å². The lowest BCUT2D eigenvalue weighted by atomic mass is 10.1. The van der Waals surface area contributed by atoms with Crippen molar-refractivity contribution in [3.63, 3.8) is 0 Å². The van der Waals surface area contributed by atoms with E-state index in [2.05, 4.69) is 28.0 Å². The molecule has 0 aliphatic rings. The Labute approximate surface area is 99.9 Å². The molecule has 0 aliphatic heterocycles. The van der Waals surface area contributed by atoms with Gasteiger partial charge in [0.2, 0.25) is 0 Å². The average molecular weight is 275 g/mol. The Kier molecular flexibility index (Phi) is 4.64. The molecule has 15 heavy (non-hydrogen) atoms. The van der Waals surface area contributed by atoms with E-state index in [-0.39, 0.29) is 0 Å². The van der Waals surface area contributed by atoms with Crippen molar-refractivity contribution in [1.82, 2.24) is 9.78 Å². The fourth-order valence-corrected chi connectivity index (χ4v) is 2.08. The van der Waals surface area contributed by atoms with E-state index >= 15 is 0 Å². The molecule has 1 rings (SSSR count). The number of hydrogen-bond donors (Lipinski definition) is 0. The van der Waals surface area contributed by atoms with Crippen LogP contribution in [-0.4, -0.2) is 21.7 Å². The second kappa shape index (κ2) is 5.54. The SMILES string of the molecule is CCC(CBr)COc1c(C)nn(C)c1C. The number of alkyl halides is 1. The maximum Gasteiger partial charge on any atom is 0.162 e. The molecular weight excluding hydrogens is 256 g/mol. The molecule has 1 heterocycles. The van der Waals surface area contributed by atoms with Crippen LogP contribution >= 0.6 is 15.9 Å². The van der Waals surface area contributed by atoms with E-state index in [4.69, 9.17) is 4.74 Å². The molecule has 4 heteroatoms. The number of halogens is 1. The van der Waals surface area contributed by atoms with Crippen molar-refractivity contribution in [2.24, 2.45) is 13.0 Å². The summed E-state index contributed by atoms with van der Waals surface area (Å²) < 4.78 is 7.68. The zero-order valence-electron chi connectivity index (χ0n) is 9.88. The van der Waals surface area contributed by atoms with Crippen LogP contribution in [-0.2, 0) is 7.05 Å². The molecular formula is C11H19BrN2O. The molecule has 1 unspecified atom stereocenters. The first-order valence-corrected chi connectivity index (χ1v) is 6.41. The average Bonchev–Trinajstić information content (AvgIpc) is 2.45. The van der Waals surface area contributed by atoms with Crippen LogP contribution in [0.3, 0.4) is 0 Å². The van der Waals surface area contributed by atoms with Crippen molar-refractivity contribution < 1.29 is 4.74 Å². The van der Waals surface area contributed by atoms with Gasteiger partial charge in [-0.25, -0.2) is 0 Å². The molecule has 1 aromatic rings. The monoisotopic (exact) mass is 274 g/mol. The van der Waals surface area contributed by atoms with E-state index < -0.39 is 0 Å². The van der Waals surface area contributed by atoms with Gasteiger partial charge in [0.15, 0.2) is 5.75 Å². The van der Waals surface area contributed by atoms with Crippen LogP contribution in [0, 0.1) is 19.8 Å². The number of aromatic nitrogens is 2. The normalized spacial score (nSPS) is 12.9. The third-order valence-corrected chi connectivity index (χ3v) is 3.62. The van der Waals surface area contributed by atoms with Gasteiger partial charge in [-0.2, -0.15) is 5.10 Å². The molecule has 0 saturated carbocycles. The molecule has 1 atom stereocenters. The third-order valence-electron chi connectivity index (χ3n) is 2.70. The molecule has 1 aromatic heterocycles. The first-order chi connectivity index (χ1) is 7.10. The topological polar surface area (TPSA) is 27.1 Å². The molecule has 86 valence electrons. The van der Waals surface area contributed by atoms with Crippen LogP contribution in [0.15, 0.2) is 0 Å². The van der Waals surface area contributed by atoms with Crippen LogP contribution in [0.4, 0.5) is 0 Å². The van der Waals surface area contributed by atoms with E-state index in [9.17, 15) is 0 Å². The molecule has 0 spiro atoms. The minimum atomic E-state index is 0.573. The van der Waals surface area contributed by atoms with Gasteiger partial charge in [-0.05, 0) is 20.3 Å². The van der Waals surface area contributed by atoms with Gasteiger partial charge >= 0.3 is 0 Å². The summed E-state index contributed by atoms with van der Waals surface area (Å²) in [7, 11) is 1.94. The number of nitrogens with zero attached hydrogens (tertiary/aromatic N) is 2. The molecule has 3 nitrogen and oxygen atoms in total. The first-order valence-electron chi connectivity index (χ1n) is 5.29.